The average Bonchev–Trinajstić information content (AvgIpc) is 2.72. The molecule has 70 valence electrons. The van der Waals surface area contributed by atoms with Crippen LogP contribution in [-0.4, -0.2) is 5.78 Å². The van der Waals surface area contributed by atoms with Gasteiger partial charge < -0.3 is 4.42 Å². The first-order chi connectivity index (χ1) is 6.29. The SMILES string of the molecule is O=C(c1ccoc1Cl)C1CCCC1. The Balaban J connectivity index is 2.17. The maximum atomic E-state index is 11.8. The summed E-state index contributed by atoms with van der Waals surface area (Å²) < 4.78 is 4.89. The summed E-state index contributed by atoms with van der Waals surface area (Å²) in [6, 6.07) is 1.66. The van der Waals surface area contributed by atoms with E-state index in [-0.39, 0.29) is 16.9 Å². The van der Waals surface area contributed by atoms with Gasteiger partial charge in [0.05, 0.1) is 11.8 Å². The molecule has 0 radical (unpaired) electrons. The number of Topliss-reactive ketones (excluding diaryl/α,β-unsaturated/α-hetero) is 1. The van der Waals surface area contributed by atoms with Gasteiger partial charge in [0.25, 0.3) is 0 Å². The maximum Gasteiger partial charge on any atom is 0.203 e. The first kappa shape index (κ1) is 8.82. The number of hydrogen-bond acceptors (Lipinski definition) is 2. The first-order valence-corrected chi connectivity index (χ1v) is 4.94. The van der Waals surface area contributed by atoms with Gasteiger partial charge in [-0.3, -0.25) is 4.79 Å². The van der Waals surface area contributed by atoms with E-state index in [1.54, 1.807) is 6.07 Å². The zero-order chi connectivity index (χ0) is 9.26. The van der Waals surface area contributed by atoms with E-state index < -0.39 is 0 Å². The lowest BCUT2D eigenvalue weighted by molar-refractivity contribution is 0.0922. The minimum Gasteiger partial charge on any atom is -0.452 e. The van der Waals surface area contributed by atoms with Crippen molar-refractivity contribution < 1.29 is 9.21 Å². The van der Waals surface area contributed by atoms with Crippen LogP contribution in [-0.2, 0) is 0 Å². The molecule has 3 heteroatoms. The van der Waals surface area contributed by atoms with Gasteiger partial charge in [0.15, 0.2) is 5.78 Å². The van der Waals surface area contributed by atoms with Gasteiger partial charge in [-0.05, 0) is 30.5 Å². The van der Waals surface area contributed by atoms with Crippen molar-refractivity contribution in [2.24, 2.45) is 5.92 Å². The Kier molecular flexibility index (Phi) is 2.40. The van der Waals surface area contributed by atoms with E-state index in [2.05, 4.69) is 0 Å². The van der Waals surface area contributed by atoms with Crippen molar-refractivity contribution in [1.29, 1.82) is 0 Å². The van der Waals surface area contributed by atoms with Gasteiger partial charge in [0, 0.05) is 5.92 Å². The van der Waals surface area contributed by atoms with Crippen molar-refractivity contribution in [1.82, 2.24) is 0 Å². The summed E-state index contributed by atoms with van der Waals surface area (Å²) in [7, 11) is 0. The maximum absolute atomic E-state index is 11.8. The molecule has 1 saturated carbocycles. The summed E-state index contributed by atoms with van der Waals surface area (Å²) >= 11 is 5.73. The Morgan fingerprint density at radius 2 is 2.15 bits per heavy atom. The quantitative estimate of drug-likeness (QED) is 0.683. The molecule has 13 heavy (non-hydrogen) atoms. The van der Waals surface area contributed by atoms with Crippen LogP contribution in [0.4, 0.5) is 0 Å². The molecule has 0 aromatic carbocycles. The minimum absolute atomic E-state index is 0.149. The number of carbonyl (C=O) groups excluding carboxylic acids is 1. The summed E-state index contributed by atoms with van der Waals surface area (Å²) in [6.07, 6.45) is 5.78. The molecule has 0 unspecified atom stereocenters. The van der Waals surface area contributed by atoms with Crippen LogP contribution in [0.25, 0.3) is 0 Å². The molecule has 0 spiro atoms. The van der Waals surface area contributed by atoms with Crippen LogP contribution in [0.3, 0.4) is 0 Å². The lowest BCUT2D eigenvalue weighted by Crippen LogP contribution is -2.10. The Bertz CT molecular complexity index is 310. The number of furan rings is 1. The number of halogens is 1. The van der Waals surface area contributed by atoms with Crippen molar-refractivity contribution in [3.8, 4) is 0 Å². The van der Waals surface area contributed by atoms with Gasteiger partial charge >= 0.3 is 0 Å². The highest BCUT2D eigenvalue weighted by molar-refractivity contribution is 6.32. The number of hydrogen-bond donors (Lipinski definition) is 0. The predicted octanol–water partition coefficient (Wildman–Crippen LogP) is 3.31. The van der Waals surface area contributed by atoms with Gasteiger partial charge in [0.1, 0.15) is 0 Å². The lowest BCUT2D eigenvalue weighted by atomic mass is 9.98. The largest absolute Gasteiger partial charge is 0.452 e. The molecule has 0 saturated heterocycles. The highest BCUT2D eigenvalue weighted by atomic mass is 35.5. The second-order valence-electron chi connectivity index (χ2n) is 3.45. The smallest absolute Gasteiger partial charge is 0.203 e. The third kappa shape index (κ3) is 1.63. The molecule has 2 nitrogen and oxygen atoms in total. The Hall–Kier alpha value is -0.760. The molecular weight excluding hydrogens is 188 g/mol. The standard InChI is InChI=1S/C10H11ClO2/c11-10-8(5-6-13-10)9(12)7-3-1-2-4-7/h5-7H,1-4H2. The number of rotatable bonds is 2. The fourth-order valence-electron chi connectivity index (χ4n) is 1.88. The molecule has 0 N–H and O–H groups in total. The molecule has 1 aromatic rings. The average molecular weight is 199 g/mol. The fraction of sp³-hybridized carbons (Fsp3) is 0.500. The zero-order valence-corrected chi connectivity index (χ0v) is 8.01. The fourth-order valence-corrected chi connectivity index (χ4v) is 2.09. The molecule has 0 amide bonds. The summed E-state index contributed by atoms with van der Waals surface area (Å²) in [5.41, 5.74) is 0.550. The van der Waals surface area contributed by atoms with Crippen molar-refractivity contribution >= 4 is 17.4 Å². The number of ketones is 1. The summed E-state index contributed by atoms with van der Waals surface area (Å²) in [4.78, 5) is 11.8. The normalized spacial score (nSPS) is 17.9. The van der Waals surface area contributed by atoms with E-state index in [0.29, 0.717) is 5.56 Å². The lowest BCUT2D eigenvalue weighted by Gasteiger charge is -2.04. The second-order valence-corrected chi connectivity index (χ2v) is 3.80. The molecule has 1 fully saturated rings. The Morgan fingerprint density at radius 1 is 1.46 bits per heavy atom. The van der Waals surface area contributed by atoms with Crippen molar-refractivity contribution in [3.05, 3.63) is 23.1 Å². The molecular formula is C10H11ClO2. The highest BCUT2D eigenvalue weighted by Crippen LogP contribution is 2.30. The van der Waals surface area contributed by atoms with E-state index in [9.17, 15) is 4.79 Å². The highest BCUT2D eigenvalue weighted by Gasteiger charge is 2.26. The molecule has 1 aliphatic carbocycles. The Morgan fingerprint density at radius 3 is 2.69 bits per heavy atom. The predicted molar refractivity (Wildman–Crippen MR) is 50.0 cm³/mol. The van der Waals surface area contributed by atoms with Crippen LogP contribution < -0.4 is 0 Å². The van der Waals surface area contributed by atoms with Gasteiger partial charge in [-0.25, -0.2) is 0 Å². The molecule has 0 aliphatic heterocycles. The molecule has 1 aromatic heterocycles. The summed E-state index contributed by atoms with van der Waals surface area (Å²) in [5.74, 6) is 0.325. The van der Waals surface area contributed by atoms with E-state index in [0.717, 1.165) is 25.7 Å². The monoisotopic (exact) mass is 198 g/mol. The first-order valence-electron chi connectivity index (χ1n) is 4.56. The van der Waals surface area contributed by atoms with E-state index in [1.807, 2.05) is 0 Å². The van der Waals surface area contributed by atoms with Gasteiger partial charge in [-0.15, -0.1) is 0 Å². The second kappa shape index (κ2) is 3.54. The van der Waals surface area contributed by atoms with Gasteiger partial charge in [-0.1, -0.05) is 12.8 Å². The van der Waals surface area contributed by atoms with Crippen molar-refractivity contribution in [3.63, 3.8) is 0 Å². The van der Waals surface area contributed by atoms with Crippen molar-refractivity contribution in [2.45, 2.75) is 25.7 Å². The molecule has 1 heterocycles. The molecule has 2 rings (SSSR count). The molecule has 0 atom stereocenters. The van der Waals surface area contributed by atoms with Crippen LogP contribution in [0.2, 0.25) is 5.22 Å². The van der Waals surface area contributed by atoms with Crippen LogP contribution >= 0.6 is 11.6 Å². The molecule has 1 aliphatic rings. The zero-order valence-electron chi connectivity index (χ0n) is 7.25. The third-order valence-corrected chi connectivity index (χ3v) is 2.90. The van der Waals surface area contributed by atoms with Crippen LogP contribution in [0.15, 0.2) is 16.7 Å². The van der Waals surface area contributed by atoms with Crippen molar-refractivity contribution in [2.75, 3.05) is 0 Å². The Labute approximate surface area is 81.9 Å². The summed E-state index contributed by atoms with van der Waals surface area (Å²) in [5, 5.41) is 0.233. The van der Waals surface area contributed by atoms with E-state index >= 15 is 0 Å². The van der Waals surface area contributed by atoms with Gasteiger partial charge in [0.2, 0.25) is 5.22 Å². The van der Waals surface area contributed by atoms with E-state index in [1.165, 1.54) is 6.26 Å². The third-order valence-electron chi connectivity index (χ3n) is 2.61. The van der Waals surface area contributed by atoms with E-state index in [4.69, 9.17) is 16.0 Å². The molecule has 0 bridgehead atoms. The minimum atomic E-state index is 0.149. The van der Waals surface area contributed by atoms with Crippen LogP contribution in [0.5, 0.6) is 0 Å². The number of carbonyl (C=O) groups is 1. The van der Waals surface area contributed by atoms with Crippen LogP contribution in [0, 0.1) is 5.92 Å². The van der Waals surface area contributed by atoms with Crippen LogP contribution in [0.1, 0.15) is 36.0 Å². The topological polar surface area (TPSA) is 30.2 Å². The summed E-state index contributed by atoms with van der Waals surface area (Å²) in [6.45, 7) is 0. The van der Waals surface area contributed by atoms with Gasteiger partial charge in [-0.2, -0.15) is 0 Å².